The highest BCUT2D eigenvalue weighted by Gasteiger charge is 2.41. The number of isocyanates is 2. The number of rotatable bonds is 13. The van der Waals surface area contributed by atoms with Crippen LogP contribution < -0.4 is 0 Å². The van der Waals surface area contributed by atoms with Crippen molar-refractivity contribution in [3.8, 4) is 0 Å². The summed E-state index contributed by atoms with van der Waals surface area (Å²) < 4.78 is 15.1. The second kappa shape index (κ2) is 16.5. The van der Waals surface area contributed by atoms with Crippen LogP contribution in [0.25, 0.3) is 0 Å². The zero-order valence-corrected chi connectivity index (χ0v) is 24.5. The number of carbonyl (C=O) groups is 3. The molecule has 1 rings (SSSR count). The van der Waals surface area contributed by atoms with E-state index in [1.807, 2.05) is 0 Å². The molecule has 40 heavy (non-hydrogen) atoms. The van der Waals surface area contributed by atoms with Gasteiger partial charge >= 0.3 is 17.9 Å². The molecule has 0 spiro atoms. The highest BCUT2D eigenvalue weighted by molar-refractivity contribution is 5.88. The third-order valence-corrected chi connectivity index (χ3v) is 6.09. The lowest BCUT2D eigenvalue weighted by atomic mass is 9.63. The van der Waals surface area contributed by atoms with Gasteiger partial charge in [-0.2, -0.15) is 0 Å². The minimum Gasteiger partial charge on any atom is -0.461 e. The summed E-state index contributed by atoms with van der Waals surface area (Å²) in [6, 6.07) is 0.00750. The molecule has 0 amide bonds. The molecule has 1 saturated carbocycles. The lowest BCUT2D eigenvalue weighted by molar-refractivity contribution is -0.160. The van der Waals surface area contributed by atoms with Crippen molar-refractivity contribution >= 4 is 30.1 Å². The molecule has 222 valence electrons. The fourth-order valence-corrected chi connectivity index (χ4v) is 4.38. The quantitative estimate of drug-likeness (QED) is 0.116. The third kappa shape index (κ3) is 13.4. The Hall–Kier alpha value is -3.65. The van der Waals surface area contributed by atoms with Crippen LogP contribution in [0.2, 0.25) is 0 Å². The Morgan fingerprint density at radius 1 is 0.850 bits per heavy atom. The molecule has 1 aliphatic carbocycles. The molecule has 2 atom stereocenters. The van der Waals surface area contributed by atoms with Crippen LogP contribution in [0.5, 0.6) is 0 Å². The van der Waals surface area contributed by atoms with Crippen LogP contribution in [0, 0.1) is 16.2 Å². The van der Waals surface area contributed by atoms with Gasteiger partial charge in [-0.1, -0.05) is 40.5 Å². The standard InChI is InChI=1S/C17H24O7.C12H18N2O2/c1-11(2)14(19)22-8-17(7-18,9-23-15(20)12(3)4)10-24-16(21)13(5)6;1-11(2)4-10(14-9-16)5-12(3,6-11)7-13-8-15/h18H,1,3,5,7-10H2,2,4,6H3;10H,4-7H2,1-3H3. The molecule has 0 bridgehead atoms. The van der Waals surface area contributed by atoms with Crippen LogP contribution in [0.4, 0.5) is 0 Å². The van der Waals surface area contributed by atoms with Crippen LogP contribution in [0.15, 0.2) is 46.4 Å². The van der Waals surface area contributed by atoms with Gasteiger partial charge in [0.15, 0.2) is 0 Å². The number of hydrogen-bond donors (Lipinski definition) is 1. The first-order chi connectivity index (χ1) is 18.4. The maximum absolute atomic E-state index is 11.6. The van der Waals surface area contributed by atoms with Crippen LogP contribution in [-0.2, 0) is 38.2 Å². The van der Waals surface area contributed by atoms with Crippen LogP contribution in [-0.4, -0.2) is 74.2 Å². The largest absolute Gasteiger partial charge is 0.461 e. The first-order valence-corrected chi connectivity index (χ1v) is 12.6. The van der Waals surface area contributed by atoms with Crippen molar-refractivity contribution in [2.75, 3.05) is 33.0 Å². The summed E-state index contributed by atoms with van der Waals surface area (Å²) in [5.41, 5.74) is -0.749. The average molecular weight is 563 g/mol. The number of aliphatic hydroxyl groups is 1. The Labute approximate surface area is 236 Å². The Kier molecular flexibility index (Phi) is 15.0. The van der Waals surface area contributed by atoms with E-state index in [-0.39, 0.29) is 53.4 Å². The van der Waals surface area contributed by atoms with Crippen molar-refractivity contribution in [2.45, 2.75) is 66.8 Å². The Balaban J connectivity index is 0.000000821. The van der Waals surface area contributed by atoms with Crippen molar-refractivity contribution in [3.05, 3.63) is 36.5 Å². The molecule has 0 aromatic heterocycles. The normalized spacial score (nSPS) is 19.2. The van der Waals surface area contributed by atoms with E-state index in [2.05, 4.69) is 50.5 Å². The smallest absolute Gasteiger partial charge is 0.333 e. The van der Waals surface area contributed by atoms with Gasteiger partial charge in [0.25, 0.3) is 0 Å². The van der Waals surface area contributed by atoms with Crippen molar-refractivity contribution in [1.82, 2.24) is 0 Å². The monoisotopic (exact) mass is 562 g/mol. The first kappa shape index (κ1) is 36.4. The summed E-state index contributed by atoms with van der Waals surface area (Å²) in [5.74, 6) is -2.03. The average Bonchev–Trinajstić information content (AvgIpc) is 2.85. The summed E-state index contributed by atoms with van der Waals surface area (Å²) >= 11 is 0. The molecular weight excluding hydrogens is 520 g/mol. The molecule has 2 unspecified atom stereocenters. The number of carbonyl (C=O) groups excluding carboxylic acids is 5. The second-order valence-electron chi connectivity index (χ2n) is 11.6. The summed E-state index contributed by atoms with van der Waals surface area (Å²) in [4.78, 5) is 62.7. The number of nitrogens with zero attached hydrogens (tertiary/aromatic N) is 2. The van der Waals surface area contributed by atoms with Gasteiger partial charge in [-0.15, -0.1) is 0 Å². The minimum absolute atomic E-state index is 0.00750. The zero-order chi connectivity index (χ0) is 31.1. The van der Waals surface area contributed by atoms with Crippen molar-refractivity contribution in [2.24, 2.45) is 26.2 Å². The molecule has 0 radical (unpaired) electrons. The van der Waals surface area contributed by atoms with Gasteiger partial charge in [0.1, 0.15) is 19.8 Å². The molecule has 1 fully saturated rings. The van der Waals surface area contributed by atoms with E-state index >= 15 is 0 Å². The van der Waals surface area contributed by atoms with Gasteiger partial charge < -0.3 is 19.3 Å². The van der Waals surface area contributed by atoms with E-state index in [1.165, 1.54) is 20.8 Å². The van der Waals surface area contributed by atoms with Crippen LogP contribution in [0.3, 0.4) is 0 Å². The van der Waals surface area contributed by atoms with Gasteiger partial charge in [-0.25, -0.2) is 34.0 Å². The maximum atomic E-state index is 11.6. The number of aliphatic hydroxyl groups excluding tert-OH is 1. The highest BCUT2D eigenvalue weighted by Crippen LogP contribution is 2.47. The van der Waals surface area contributed by atoms with Gasteiger partial charge in [0, 0.05) is 16.7 Å². The Morgan fingerprint density at radius 2 is 1.27 bits per heavy atom. The summed E-state index contributed by atoms with van der Waals surface area (Å²) in [7, 11) is 0. The van der Waals surface area contributed by atoms with Gasteiger partial charge in [-0.05, 0) is 50.9 Å². The van der Waals surface area contributed by atoms with Gasteiger partial charge in [0.2, 0.25) is 12.2 Å². The minimum atomic E-state index is -1.30. The van der Waals surface area contributed by atoms with Crippen molar-refractivity contribution in [3.63, 3.8) is 0 Å². The SMILES string of the molecule is C=C(C)C(=O)OCC(CO)(COC(=O)C(=C)C)COC(=O)C(=C)C.CC1(C)CC(N=C=O)CC(C)(CN=C=O)C1. The molecule has 1 N–H and O–H groups in total. The molecule has 0 heterocycles. The van der Waals surface area contributed by atoms with E-state index in [4.69, 9.17) is 14.2 Å². The predicted molar refractivity (Wildman–Crippen MR) is 147 cm³/mol. The zero-order valence-electron chi connectivity index (χ0n) is 24.5. The Bertz CT molecular complexity index is 991. The lowest BCUT2D eigenvalue weighted by Crippen LogP contribution is -2.42. The predicted octanol–water partition coefficient (Wildman–Crippen LogP) is 3.57. The lowest BCUT2D eigenvalue weighted by Gasteiger charge is -2.44. The van der Waals surface area contributed by atoms with Crippen LogP contribution in [0.1, 0.15) is 60.8 Å². The summed E-state index contributed by atoms with van der Waals surface area (Å²) in [6.45, 7) is 20.0. The number of hydrogen-bond acceptors (Lipinski definition) is 11. The van der Waals surface area contributed by atoms with Crippen molar-refractivity contribution in [1.29, 1.82) is 0 Å². The van der Waals surface area contributed by atoms with Gasteiger partial charge in [0.05, 0.1) is 24.6 Å². The van der Waals surface area contributed by atoms with Crippen LogP contribution >= 0.6 is 0 Å². The summed E-state index contributed by atoms with van der Waals surface area (Å²) in [5, 5.41) is 9.69. The fraction of sp³-hybridized carbons (Fsp3) is 0.621. The van der Waals surface area contributed by atoms with Crippen molar-refractivity contribution < 1.29 is 43.3 Å². The molecule has 0 saturated heterocycles. The molecule has 0 aromatic rings. The summed E-state index contributed by atoms with van der Waals surface area (Å²) in [6.07, 6.45) is 5.88. The third-order valence-electron chi connectivity index (χ3n) is 6.09. The van der Waals surface area contributed by atoms with Gasteiger partial charge in [-0.3, -0.25) is 0 Å². The first-order valence-electron chi connectivity index (χ1n) is 12.6. The van der Waals surface area contributed by atoms with E-state index in [9.17, 15) is 29.1 Å². The van der Waals surface area contributed by atoms with E-state index in [0.29, 0.717) is 6.54 Å². The fourth-order valence-electron chi connectivity index (χ4n) is 4.38. The molecule has 11 nitrogen and oxygen atoms in total. The highest BCUT2D eigenvalue weighted by atomic mass is 16.6. The second-order valence-corrected chi connectivity index (χ2v) is 11.6. The maximum Gasteiger partial charge on any atom is 0.333 e. The number of ether oxygens (including phenoxy) is 3. The molecule has 0 aliphatic heterocycles. The van der Waals surface area contributed by atoms with E-state index < -0.39 is 29.9 Å². The molecule has 1 aliphatic rings. The Morgan fingerprint density at radius 3 is 1.60 bits per heavy atom. The molecular formula is C29H42N2O9. The molecule has 0 aromatic carbocycles. The number of esters is 3. The van der Waals surface area contributed by atoms with E-state index in [0.717, 1.165) is 19.3 Å². The van der Waals surface area contributed by atoms with E-state index in [1.54, 1.807) is 12.2 Å². The number of aliphatic imine (C=N–C) groups is 2. The molecule has 11 heteroatoms. The topological polar surface area (TPSA) is 158 Å².